The predicted molar refractivity (Wildman–Crippen MR) is 71.1 cm³/mol. The van der Waals surface area contributed by atoms with Gasteiger partial charge in [-0.2, -0.15) is 0 Å². The second kappa shape index (κ2) is 5.20. The number of anilines is 2. The number of halogens is 1. The third-order valence-electron chi connectivity index (χ3n) is 3.04. The van der Waals surface area contributed by atoms with Crippen molar-refractivity contribution < 1.29 is 18.8 Å². The number of hydrogen-bond acceptors (Lipinski definition) is 5. The first-order valence-corrected chi connectivity index (χ1v) is 5.88. The van der Waals surface area contributed by atoms with Crippen LogP contribution in [0.15, 0.2) is 16.7 Å². The summed E-state index contributed by atoms with van der Waals surface area (Å²) in [6.07, 6.45) is 0. The van der Waals surface area contributed by atoms with Crippen LogP contribution >= 0.6 is 0 Å². The first-order chi connectivity index (χ1) is 9.41. The zero-order valence-electron chi connectivity index (χ0n) is 11.0. The lowest BCUT2D eigenvalue weighted by Crippen LogP contribution is -2.11. The highest BCUT2D eigenvalue weighted by molar-refractivity contribution is 6.00. The molecule has 0 aliphatic heterocycles. The van der Waals surface area contributed by atoms with Crippen LogP contribution in [0.4, 0.5) is 15.8 Å². The standard InChI is InChI=1S/C13H14FN3O3/c1-6-8(7(2)20-17-6)5-16-10-4-3-9(14)12(15)11(10)13(18)19/h3-4,16H,5,15H2,1-2H3,(H,18,19). The number of nitrogens with two attached hydrogens (primary N) is 1. The van der Waals surface area contributed by atoms with E-state index in [0.717, 1.165) is 11.6 Å². The molecule has 20 heavy (non-hydrogen) atoms. The molecule has 0 saturated carbocycles. The average Bonchev–Trinajstić information content (AvgIpc) is 2.70. The van der Waals surface area contributed by atoms with E-state index in [4.69, 9.17) is 15.4 Å². The van der Waals surface area contributed by atoms with E-state index >= 15 is 0 Å². The number of aryl methyl sites for hydroxylation is 2. The van der Waals surface area contributed by atoms with Crippen molar-refractivity contribution in [3.05, 3.63) is 40.5 Å². The number of carbonyl (C=O) groups is 1. The molecule has 1 aromatic heterocycles. The Morgan fingerprint density at radius 1 is 1.50 bits per heavy atom. The van der Waals surface area contributed by atoms with Gasteiger partial charge in [0.2, 0.25) is 0 Å². The molecule has 7 heteroatoms. The number of aromatic carboxylic acids is 1. The molecule has 0 aliphatic rings. The highest BCUT2D eigenvalue weighted by atomic mass is 19.1. The summed E-state index contributed by atoms with van der Waals surface area (Å²) in [6.45, 7) is 3.85. The van der Waals surface area contributed by atoms with Crippen molar-refractivity contribution in [2.75, 3.05) is 11.1 Å². The summed E-state index contributed by atoms with van der Waals surface area (Å²) in [5.41, 5.74) is 6.58. The normalized spacial score (nSPS) is 10.6. The largest absolute Gasteiger partial charge is 0.478 e. The molecule has 106 valence electrons. The third kappa shape index (κ3) is 2.42. The van der Waals surface area contributed by atoms with Gasteiger partial charge in [0.05, 0.1) is 17.1 Å². The number of aromatic nitrogens is 1. The summed E-state index contributed by atoms with van der Waals surface area (Å²) in [7, 11) is 0. The fraction of sp³-hybridized carbons (Fsp3) is 0.231. The van der Waals surface area contributed by atoms with Crippen LogP contribution in [-0.2, 0) is 6.54 Å². The Labute approximate surface area is 114 Å². The van der Waals surface area contributed by atoms with Crippen LogP contribution in [0.2, 0.25) is 0 Å². The van der Waals surface area contributed by atoms with Crippen molar-refractivity contribution >= 4 is 17.3 Å². The Balaban J connectivity index is 2.31. The number of hydrogen-bond donors (Lipinski definition) is 3. The van der Waals surface area contributed by atoms with Crippen LogP contribution in [-0.4, -0.2) is 16.2 Å². The number of nitrogens with one attached hydrogen (secondary N) is 1. The highest BCUT2D eigenvalue weighted by Crippen LogP contribution is 2.26. The molecule has 2 rings (SSSR count). The lowest BCUT2D eigenvalue weighted by Gasteiger charge is -2.11. The number of nitrogen functional groups attached to an aromatic ring is 1. The number of nitrogens with zero attached hydrogens (tertiary/aromatic N) is 1. The van der Waals surface area contributed by atoms with Gasteiger partial charge in [-0.1, -0.05) is 5.16 Å². The van der Waals surface area contributed by atoms with Gasteiger partial charge in [0.1, 0.15) is 17.1 Å². The van der Waals surface area contributed by atoms with E-state index in [-0.39, 0.29) is 16.9 Å². The Hall–Kier alpha value is -2.57. The van der Waals surface area contributed by atoms with Gasteiger partial charge in [0.15, 0.2) is 0 Å². The van der Waals surface area contributed by atoms with Gasteiger partial charge in [-0.15, -0.1) is 0 Å². The number of carboxylic acids is 1. The van der Waals surface area contributed by atoms with Crippen LogP contribution in [0.3, 0.4) is 0 Å². The van der Waals surface area contributed by atoms with E-state index in [0.29, 0.717) is 18.0 Å². The molecule has 1 aromatic carbocycles. The van der Waals surface area contributed by atoms with Crippen LogP contribution in [0.1, 0.15) is 27.4 Å². The van der Waals surface area contributed by atoms with Gasteiger partial charge in [0, 0.05) is 12.1 Å². The predicted octanol–water partition coefficient (Wildman–Crippen LogP) is 2.32. The number of rotatable bonds is 4. The van der Waals surface area contributed by atoms with Gasteiger partial charge in [-0.25, -0.2) is 9.18 Å². The molecular formula is C13H14FN3O3. The Morgan fingerprint density at radius 2 is 2.20 bits per heavy atom. The maximum Gasteiger partial charge on any atom is 0.340 e. The Morgan fingerprint density at radius 3 is 2.75 bits per heavy atom. The molecule has 4 N–H and O–H groups in total. The van der Waals surface area contributed by atoms with Crippen molar-refractivity contribution in [2.45, 2.75) is 20.4 Å². The first kappa shape index (κ1) is 13.9. The Bertz CT molecular complexity index is 648. The van der Waals surface area contributed by atoms with E-state index in [2.05, 4.69) is 10.5 Å². The van der Waals surface area contributed by atoms with Crippen LogP contribution < -0.4 is 11.1 Å². The second-order valence-electron chi connectivity index (χ2n) is 4.35. The number of carboxylic acid groups (broad SMARTS) is 1. The Kier molecular flexibility index (Phi) is 3.60. The summed E-state index contributed by atoms with van der Waals surface area (Å²) < 4.78 is 18.3. The first-order valence-electron chi connectivity index (χ1n) is 5.88. The van der Waals surface area contributed by atoms with Gasteiger partial charge in [-0.05, 0) is 26.0 Å². The monoisotopic (exact) mass is 279 g/mol. The maximum atomic E-state index is 13.3. The fourth-order valence-corrected chi connectivity index (χ4v) is 1.91. The zero-order valence-corrected chi connectivity index (χ0v) is 11.0. The lowest BCUT2D eigenvalue weighted by atomic mass is 10.1. The molecule has 0 unspecified atom stereocenters. The van der Waals surface area contributed by atoms with E-state index in [1.54, 1.807) is 13.8 Å². The molecule has 0 spiro atoms. The smallest absolute Gasteiger partial charge is 0.340 e. The van der Waals surface area contributed by atoms with Crippen molar-refractivity contribution in [2.24, 2.45) is 0 Å². The molecule has 0 amide bonds. The minimum absolute atomic E-state index is 0.247. The quantitative estimate of drug-likeness (QED) is 0.742. The average molecular weight is 279 g/mol. The van der Waals surface area contributed by atoms with E-state index in [1.807, 2.05) is 0 Å². The van der Waals surface area contributed by atoms with E-state index in [1.165, 1.54) is 6.07 Å². The van der Waals surface area contributed by atoms with Crippen LogP contribution in [0.5, 0.6) is 0 Å². The SMILES string of the molecule is Cc1noc(C)c1CNc1ccc(F)c(N)c1C(=O)O. The molecular weight excluding hydrogens is 265 g/mol. The molecule has 0 radical (unpaired) electrons. The van der Waals surface area contributed by atoms with Crippen molar-refractivity contribution in [1.29, 1.82) is 0 Å². The van der Waals surface area contributed by atoms with E-state index < -0.39 is 11.8 Å². The van der Waals surface area contributed by atoms with Crippen LogP contribution in [0.25, 0.3) is 0 Å². The van der Waals surface area contributed by atoms with Gasteiger partial charge in [-0.3, -0.25) is 0 Å². The summed E-state index contributed by atoms with van der Waals surface area (Å²) in [5, 5.41) is 15.8. The summed E-state index contributed by atoms with van der Waals surface area (Å²) in [5.74, 6) is -1.41. The lowest BCUT2D eigenvalue weighted by molar-refractivity contribution is 0.0698. The molecule has 0 fully saturated rings. The molecule has 0 saturated heterocycles. The van der Waals surface area contributed by atoms with Crippen molar-refractivity contribution in [3.8, 4) is 0 Å². The summed E-state index contributed by atoms with van der Waals surface area (Å²) in [4.78, 5) is 11.2. The minimum Gasteiger partial charge on any atom is -0.478 e. The second-order valence-corrected chi connectivity index (χ2v) is 4.35. The maximum absolute atomic E-state index is 13.3. The van der Waals surface area contributed by atoms with Gasteiger partial charge >= 0.3 is 5.97 Å². The third-order valence-corrected chi connectivity index (χ3v) is 3.04. The summed E-state index contributed by atoms with van der Waals surface area (Å²) in [6, 6.07) is 2.46. The topological polar surface area (TPSA) is 101 Å². The molecule has 2 aromatic rings. The fourth-order valence-electron chi connectivity index (χ4n) is 1.91. The molecule has 6 nitrogen and oxygen atoms in total. The van der Waals surface area contributed by atoms with E-state index in [9.17, 15) is 9.18 Å². The highest BCUT2D eigenvalue weighted by Gasteiger charge is 2.18. The minimum atomic E-state index is -1.29. The molecule has 0 bridgehead atoms. The molecule has 0 atom stereocenters. The summed E-state index contributed by atoms with van der Waals surface area (Å²) >= 11 is 0. The van der Waals surface area contributed by atoms with Gasteiger partial charge in [0.25, 0.3) is 0 Å². The zero-order chi connectivity index (χ0) is 14.9. The van der Waals surface area contributed by atoms with Crippen LogP contribution in [0, 0.1) is 19.7 Å². The molecule has 1 heterocycles. The number of benzene rings is 1. The molecule has 0 aliphatic carbocycles. The van der Waals surface area contributed by atoms with Crippen molar-refractivity contribution in [1.82, 2.24) is 5.16 Å². The van der Waals surface area contributed by atoms with Crippen molar-refractivity contribution in [3.63, 3.8) is 0 Å². The van der Waals surface area contributed by atoms with Gasteiger partial charge < -0.3 is 20.7 Å².